The van der Waals surface area contributed by atoms with Gasteiger partial charge in [0, 0.05) is 49.8 Å². The van der Waals surface area contributed by atoms with Crippen molar-refractivity contribution in [3.05, 3.63) is 75.8 Å². The molecule has 6 heteroatoms. The molecular formula is C21H25N5O. The summed E-state index contributed by atoms with van der Waals surface area (Å²) in [5, 5.41) is 6.85. The number of nitrogens with zero attached hydrogens (tertiary/aromatic N) is 3. The van der Waals surface area contributed by atoms with Crippen LogP contribution in [0, 0.1) is 0 Å². The van der Waals surface area contributed by atoms with Crippen LogP contribution in [0.5, 0.6) is 0 Å². The molecule has 2 heterocycles. The van der Waals surface area contributed by atoms with Crippen molar-refractivity contribution in [3.63, 3.8) is 0 Å². The molecule has 4 rings (SSSR count). The third-order valence-corrected chi connectivity index (χ3v) is 5.19. The lowest BCUT2D eigenvalue weighted by Crippen LogP contribution is -2.35. The zero-order valence-corrected chi connectivity index (χ0v) is 15.8. The van der Waals surface area contributed by atoms with Gasteiger partial charge in [-0.2, -0.15) is 0 Å². The molecule has 0 fully saturated rings. The quantitative estimate of drug-likeness (QED) is 0.730. The van der Waals surface area contributed by atoms with E-state index in [-0.39, 0.29) is 5.56 Å². The second-order valence-electron chi connectivity index (χ2n) is 7.28. The van der Waals surface area contributed by atoms with Crippen molar-refractivity contribution in [2.24, 2.45) is 0 Å². The second kappa shape index (κ2) is 7.40. The number of pyridine rings is 1. The summed E-state index contributed by atoms with van der Waals surface area (Å²) >= 11 is 0. The van der Waals surface area contributed by atoms with Crippen LogP contribution < -0.4 is 15.8 Å². The smallest absolute Gasteiger partial charge is 0.276 e. The van der Waals surface area contributed by atoms with Gasteiger partial charge in [-0.05, 0) is 49.1 Å². The van der Waals surface area contributed by atoms with Gasteiger partial charge in [0.25, 0.3) is 5.56 Å². The maximum Gasteiger partial charge on any atom is 0.276 e. The Morgan fingerprint density at radius 1 is 1.22 bits per heavy atom. The van der Waals surface area contributed by atoms with E-state index in [2.05, 4.69) is 44.6 Å². The van der Waals surface area contributed by atoms with Gasteiger partial charge in [0.15, 0.2) is 5.82 Å². The van der Waals surface area contributed by atoms with Crippen LogP contribution in [0.1, 0.15) is 23.2 Å². The van der Waals surface area contributed by atoms with Crippen molar-refractivity contribution in [2.75, 3.05) is 19.0 Å². The number of hydrogen-bond acceptors (Lipinski definition) is 4. The number of fused-ring (bicyclic) bond motifs is 1. The fourth-order valence-corrected chi connectivity index (χ4v) is 3.60. The molecule has 0 bridgehead atoms. The van der Waals surface area contributed by atoms with E-state index in [1.54, 1.807) is 10.9 Å². The number of H-pyrrole nitrogens is 1. The molecule has 2 aromatic heterocycles. The van der Waals surface area contributed by atoms with Crippen LogP contribution >= 0.6 is 0 Å². The van der Waals surface area contributed by atoms with Gasteiger partial charge < -0.3 is 10.2 Å². The molecule has 3 aromatic rings. The van der Waals surface area contributed by atoms with E-state index in [9.17, 15) is 4.79 Å². The minimum Gasteiger partial charge on any atom is -0.378 e. The van der Waals surface area contributed by atoms with E-state index in [0.29, 0.717) is 11.9 Å². The Balaban J connectivity index is 1.44. The van der Waals surface area contributed by atoms with Crippen LogP contribution in [0.3, 0.4) is 0 Å². The molecule has 0 radical (unpaired) electrons. The molecule has 1 unspecified atom stereocenters. The summed E-state index contributed by atoms with van der Waals surface area (Å²) in [7, 11) is 4.09. The predicted octanol–water partition coefficient (Wildman–Crippen LogP) is 2.27. The lowest BCUT2D eigenvalue weighted by molar-refractivity contribution is 0.454. The summed E-state index contributed by atoms with van der Waals surface area (Å²) in [4.78, 5) is 19.2. The van der Waals surface area contributed by atoms with Gasteiger partial charge in [0.1, 0.15) is 0 Å². The molecule has 1 atom stereocenters. The Morgan fingerprint density at radius 2 is 2.04 bits per heavy atom. The van der Waals surface area contributed by atoms with E-state index in [4.69, 9.17) is 0 Å². The van der Waals surface area contributed by atoms with E-state index in [1.165, 1.54) is 11.3 Å². The van der Waals surface area contributed by atoms with E-state index < -0.39 is 0 Å². The summed E-state index contributed by atoms with van der Waals surface area (Å²) < 4.78 is 1.56. The molecule has 1 aromatic carbocycles. The molecule has 27 heavy (non-hydrogen) atoms. The lowest BCUT2D eigenvalue weighted by Gasteiger charge is -2.22. The van der Waals surface area contributed by atoms with Gasteiger partial charge in [0.05, 0.1) is 0 Å². The molecule has 2 N–H and O–H groups in total. The molecule has 1 aliphatic rings. The molecule has 6 nitrogen and oxygen atoms in total. The molecule has 1 aliphatic carbocycles. The highest BCUT2D eigenvalue weighted by molar-refractivity contribution is 5.46. The zero-order valence-electron chi connectivity index (χ0n) is 15.8. The fourth-order valence-electron chi connectivity index (χ4n) is 3.60. The van der Waals surface area contributed by atoms with Crippen molar-refractivity contribution in [1.82, 2.24) is 20.1 Å². The lowest BCUT2D eigenvalue weighted by atomic mass is 9.93. The first-order valence-electron chi connectivity index (χ1n) is 9.35. The number of aryl methyl sites for hydroxylation is 1. The predicted molar refractivity (Wildman–Crippen MR) is 108 cm³/mol. The molecular weight excluding hydrogens is 338 g/mol. The highest BCUT2D eigenvalue weighted by atomic mass is 16.1. The number of aromatic amines is 1. The number of aromatic nitrogens is 3. The number of anilines is 1. The van der Waals surface area contributed by atoms with Crippen LogP contribution in [0.2, 0.25) is 0 Å². The highest BCUT2D eigenvalue weighted by Crippen LogP contribution is 2.19. The maximum absolute atomic E-state index is 12.8. The van der Waals surface area contributed by atoms with Gasteiger partial charge in [0.2, 0.25) is 0 Å². The molecule has 0 saturated heterocycles. The Bertz CT molecular complexity index is 956. The molecule has 0 spiro atoms. The number of hydrogen-bond donors (Lipinski definition) is 2. The van der Waals surface area contributed by atoms with E-state index in [0.717, 1.165) is 37.1 Å². The minimum atomic E-state index is 0.0190. The summed E-state index contributed by atoms with van der Waals surface area (Å²) in [5.74, 6) is 0.641. The first-order chi connectivity index (χ1) is 13.1. The van der Waals surface area contributed by atoms with Crippen molar-refractivity contribution in [1.29, 1.82) is 0 Å². The van der Waals surface area contributed by atoms with Crippen LogP contribution in [-0.2, 0) is 19.4 Å². The van der Waals surface area contributed by atoms with Crippen molar-refractivity contribution < 1.29 is 0 Å². The van der Waals surface area contributed by atoms with Crippen LogP contribution in [0.15, 0.2) is 53.5 Å². The first kappa shape index (κ1) is 17.5. The number of rotatable bonds is 5. The molecule has 0 aliphatic heterocycles. The van der Waals surface area contributed by atoms with Gasteiger partial charge in [-0.1, -0.05) is 18.2 Å². The molecule has 0 amide bonds. The average Bonchev–Trinajstić information content (AvgIpc) is 3.03. The molecule has 0 saturated carbocycles. The van der Waals surface area contributed by atoms with Crippen molar-refractivity contribution >= 4 is 5.69 Å². The highest BCUT2D eigenvalue weighted by Gasteiger charge is 2.24. The largest absolute Gasteiger partial charge is 0.378 e. The van der Waals surface area contributed by atoms with Crippen LogP contribution in [-0.4, -0.2) is 34.9 Å². The van der Waals surface area contributed by atoms with Crippen molar-refractivity contribution in [2.45, 2.75) is 31.8 Å². The maximum atomic E-state index is 12.8. The normalized spacial score (nSPS) is 16.1. The summed E-state index contributed by atoms with van der Waals surface area (Å²) in [6.45, 7) is 0.812. The van der Waals surface area contributed by atoms with E-state index >= 15 is 0 Å². The van der Waals surface area contributed by atoms with Gasteiger partial charge in [-0.3, -0.25) is 9.89 Å². The minimum absolute atomic E-state index is 0.0190. The summed E-state index contributed by atoms with van der Waals surface area (Å²) in [6, 6.07) is 14.5. The van der Waals surface area contributed by atoms with Gasteiger partial charge in [-0.15, -0.1) is 0 Å². The Labute approximate surface area is 158 Å². The Hall–Kier alpha value is -2.86. The fraction of sp³-hybridized carbons (Fsp3) is 0.333. The standard InChI is InChI=1S/C21H25N5O/c1-25(2)17-9-6-15(7-10-17)14-23-16-8-11-19-18(13-16)21(27)26(24-19)20-5-3-4-12-22-20/h3-7,9-10,12,16,23-24H,8,11,13-14H2,1-2H3. The third kappa shape index (κ3) is 3.66. The Kier molecular flexibility index (Phi) is 4.81. The average molecular weight is 363 g/mol. The second-order valence-corrected chi connectivity index (χ2v) is 7.28. The topological polar surface area (TPSA) is 65.9 Å². The van der Waals surface area contributed by atoms with E-state index in [1.807, 2.05) is 32.3 Å². The van der Waals surface area contributed by atoms with Crippen molar-refractivity contribution in [3.8, 4) is 5.82 Å². The number of benzene rings is 1. The monoisotopic (exact) mass is 363 g/mol. The molecule has 140 valence electrons. The SMILES string of the molecule is CN(C)c1ccc(CNC2CCc3[nH]n(-c4ccccn4)c(=O)c3C2)cc1. The van der Waals surface area contributed by atoms with Gasteiger partial charge in [-0.25, -0.2) is 9.67 Å². The van der Waals surface area contributed by atoms with Gasteiger partial charge >= 0.3 is 0 Å². The summed E-state index contributed by atoms with van der Waals surface area (Å²) in [5.41, 5.74) is 4.40. The van der Waals surface area contributed by atoms with Crippen LogP contribution in [0.25, 0.3) is 5.82 Å². The Morgan fingerprint density at radius 3 is 2.74 bits per heavy atom. The van der Waals surface area contributed by atoms with Crippen LogP contribution in [0.4, 0.5) is 5.69 Å². The summed E-state index contributed by atoms with van der Waals surface area (Å²) in [6.07, 6.45) is 4.35. The zero-order chi connectivity index (χ0) is 18.8. The number of nitrogens with one attached hydrogen (secondary N) is 2. The third-order valence-electron chi connectivity index (χ3n) is 5.19. The first-order valence-corrected chi connectivity index (χ1v) is 9.35.